The first-order chi connectivity index (χ1) is 8.37. The zero-order valence-corrected chi connectivity index (χ0v) is 13.5. The molecule has 0 aliphatic rings. The molecular weight excluding hydrogens is 383 g/mol. The van der Waals surface area contributed by atoms with Crippen LogP contribution in [0.25, 0.3) is 0 Å². The van der Waals surface area contributed by atoms with Crippen molar-refractivity contribution in [2.75, 3.05) is 24.1 Å². The quantitative estimate of drug-likeness (QED) is 0.275. The Bertz CT molecular complexity index is 512. The largest absolute Gasteiger partial charge is 0.492 e. The lowest BCUT2D eigenvalue weighted by Crippen LogP contribution is -2.23. The van der Waals surface area contributed by atoms with E-state index in [9.17, 15) is 8.42 Å². The number of rotatable bonds is 6. The molecule has 9 heteroatoms. The molecule has 0 heterocycles. The van der Waals surface area contributed by atoms with Gasteiger partial charge in [0.25, 0.3) is 0 Å². The smallest absolute Gasteiger partial charge is 0.229 e. The van der Waals surface area contributed by atoms with Crippen molar-refractivity contribution >= 4 is 45.6 Å². The number of aliphatic imine (C=N–C) groups is 1. The lowest BCUT2D eigenvalue weighted by molar-refractivity contribution is 0.329. The number of halogens is 1. The van der Waals surface area contributed by atoms with E-state index in [1.165, 1.54) is 0 Å². The molecule has 0 bridgehead atoms. The number of benzene rings is 1. The summed E-state index contributed by atoms with van der Waals surface area (Å²) in [4.78, 5) is 3.76. The van der Waals surface area contributed by atoms with Crippen LogP contribution in [-0.4, -0.2) is 33.8 Å². The molecule has 0 fully saturated rings. The van der Waals surface area contributed by atoms with Crippen molar-refractivity contribution in [3.05, 3.63) is 24.3 Å². The average molecular weight is 400 g/mol. The van der Waals surface area contributed by atoms with Gasteiger partial charge in [-0.25, -0.2) is 8.42 Å². The van der Waals surface area contributed by atoms with Crippen LogP contribution in [0, 0.1) is 0 Å². The van der Waals surface area contributed by atoms with E-state index in [0.29, 0.717) is 24.6 Å². The topological polar surface area (TPSA) is 120 Å². The van der Waals surface area contributed by atoms with Crippen molar-refractivity contribution in [3.8, 4) is 5.75 Å². The summed E-state index contributed by atoms with van der Waals surface area (Å²) < 4.78 is 29.7. The van der Waals surface area contributed by atoms with Gasteiger partial charge in [0.15, 0.2) is 5.96 Å². The lowest BCUT2D eigenvalue weighted by Gasteiger charge is -2.06. The van der Waals surface area contributed by atoms with E-state index < -0.39 is 10.0 Å². The van der Waals surface area contributed by atoms with E-state index in [2.05, 4.69) is 9.71 Å². The molecule has 1 aromatic carbocycles. The highest BCUT2D eigenvalue weighted by Crippen LogP contribution is 2.16. The first kappa shape index (κ1) is 17.8. The Morgan fingerprint density at radius 3 is 2.37 bits per heavy atom. The Balaban J connectivity index is 0.00000324. The van der Waals surface area contributed by atoms with Crippen molar-refractivity contribution in [2.45, 2.75) is 0 Å². The number of sulfonamides is 1. The summed E-state index contributed by atoms with van der Waals surface area (Å²) in [6.07, 6.45) is 1.09. The van der Waals surface area contributed by atoms with Crippen LogP contribution >= 0.6 is 24.0 Å². The van der Waals surface area contributed by atoms with Crippen LogP contribution in [0.1, 0.15) is 0 Å². The Hall–Kier alpha value is -1.23. The van der Waals surface area contributed by atoms with Crippen molar-refractivity contribution < 1.29 is 13.2 Å². The van der Waals surface area contributed by atoms with Gasteiger partial charge in [0.05, 0.1) is 12.8 Å². The summed E-state index contributed by atoms with van der Waals surface area (Å²) in [5, 5.41) is 0. The number of nitrogens with two attached hydrogens (primary N) is 2. The fourth-order valence-corrected chi connectivity index (χ4v) is 1.74. The number of nitrogens with zero attached hydrogens (tertiary/aromatic N) is 1. The van der Waals surface area contributed by atoms with E-state index in [-0.39, 0.29) is 29.9 Å². The lowest BCUT2D eigenvalue weighted by atomic mass is 10.3. The highest BCUT2D eigenvalue weighted by atomic mass is 127. The molecule has 0 aliphatic heterocycles. The summed E-state index contributed by atoms with van der Waals surface area (Å²) in [5.41, 5.74) is 10.8. The van der Waals surface area contributed by atoms with E-state index >= 15 is 0 Å². The molecule has 19 heavy (non-hydrogen) atoms. The second kappa shape index (κ2) is 8.04. The van der Waals surface area contributed by atoms with Gasteiger partial charge in [-0.15, -0.1) is 24.0 Å². The van der Waals surface area contributed by atoms with Crippen LogP contribution in [-0.2, 0) is 10.0 Å². The molecule has 0 unspecified atom stereocenters. The molecule has 0 spiro atoms. The predicted molar refractivity (Wildman–Crippen MR) is 86.5 cm³/mol. The molecule has 5 N–H and O–H groups in total. The second-order valence-corrected chi connectivity index (χ2v) is 5.30. The molecule has 0 aliphatic carbocycles. The number of ether oxygens (including phenoxy) is 1. The summed E-state index contributed by atoms with van der Waals surface area (Å²) in [6.45, 7) is 0.711. The molecule has 0 aromatic heterocycles. The zero-order valence-electron chi connectivity index (χ0n) is 10.4. The van der Waals surface area contributed by atoms with Crippen molar-refractivity contribution in [1.29, 1.82) is 0 Å². The molecule has 0 radical (unpaired) electrons. The van der Waals surface area contributed by atoms with Crippen LogP contribution in [0.15, 0.2) is 29.3 Å². The van der Waals surface area contributed by atoms with Crippen molar-refractivity contribution in [1.82, 2.24) is 0 Å². The third-order valence-corrected chi connectivity index (χ3v) is 2.42. The molecule has 0 saturated carbocycles. The van der Waals surface area contributed by atoms with Crippen LogP contribution in [0.2, 0.25) is 0 Å². The van der Waals surface area contributed by atoms with Gasteiger partial charge in [-0.05, 0) is 24.3 Å². The van der Waals surface area contributed by atoms with Gasteiger partial charge in [-0.1, -0.05) is 0 Å². The second-order valence-electron chi connectivity index (χ2n) is 3.55. The molecule has 0 saturated heterocycles. The standard InChI is InChI=1S/C10H16N4O3S.HI/c1-18(15,16)14-8-2-4-9(5-3-8)17-7-6-13-10(11)12;/h2-5,14H,6-7H2,1H3,(H4,11,12,13);1H. The molecule has 1 aromatic rings. The average Bonchev–Trinajstić information content (AvgIpc) is 2.24. The summed E-state index contributed by atoms with van der Waals surface area (Å²) >= 11 is 0. The Morgan fingerprint density at radius 1 is 1.32 bits per heavy atom. The summed E-state index contributed by atoms with van der Waals surface area (Å²) in [6, 6.07) is 6.53. The minimum absolute atomic E-state index is 0. The van der Waals surface area contributed by atoms with Crippen LogP contribution in [0.5, 0.6) is 5.75 Å². The fraction of sp³-hybridized carbons (Fsp3) is 0.300. The number of anilines is 1. The molecular formula is C10H17IN4O3S. The number of guanidine groups is 1. The maximum absolute atomic E-state index is 11.0. The Labute approximate surface area is 129 Å². The van der Waals surface area contributed by atoms with Gasteiger partial charge in [0.2, 0.25) is 10.0 Å². The first-order valence-electron chi connectivity index (χ1n) is 5.13. The van der Waals surface area contributed by atoms with Crippen molar-refractivity contribution in [3.63, 3.8) is 0 Å². The van der Waals surface area contributed by atoms with Gasteiger partial charge in [0, 0.05) is 5.69 Å². The highest BCUT2D eigenvalue weighted by molar-refractivity contribution is 14.0. The van der Waals surface area contributed by atoms with E-state index in [0.717, 1.165) is 6.26 Å². The van der Waals surface area contributed by atoms with E-state index in [1.807, 2.05) is 0 Å². The van der Waals surface area contributed by atoms with Crippen LogP contribution in [0.4, 0.5) is 5.69 Å². The van der Waals surface area contributed by atoms with Gasteiger partial charge in [0.1, 0.15) is 12.4 Å². The first-order valence-corrected chi connectivity index (χ1v) is 7.02. The van der Waals surface area contributed by atoms with Gasteiger partial charge in [-0.2, -0.15) is 0 Å². The summed E-state index contributed by atoms with van der Waals surface area (Å²) in [7, 11) is -3.26. The van der Waals surface area contributed by atoms with Crippen LogP contribution in [0.3, 0.4) is 0 Å². The molecule has 7 nitrogen and oxygen atoms in total. The van der Waals surface area contributed by atoms with Gasteiger partial charge < -0.3 is 16.2 Å². The highest BCUT2D eigenvalue weighted by Gasteiger charge is 2.01. The normalized spacial score (nSPS) is 10.2. The zero-order chi connectivity index (χ0) is 13.6. The Kier molecular flexibility index (Phi) is 7.52. The SMILES string of the molecule is CS(=O)(=O)Nc1ccc(OCCN=C(N)N)cc1.I. The fourth-order valence-electron chi connectivity index (χ4n) is 1.17. The molecule has 0 atom stereocenters. The third-order valence-electron chi connectivity index (χ3n) is 1.81. The number of nitrogens with one attached hydrogen (secondary N) is 1. The van der Waals surface area contributed by atoms with E-state index in [1.54, 1.807) is 24.3 Å². The minimum Gasteiger partial charge on any atom is -0.492 e. The number of hydrogen-bond donors (Lipinski definition) is 3. The van der Waals surface area contributed by atoms with Crippen molar-refractivity contribution in [2.24, 2.45) is 16.5 Å². The molecule has 0 amide bonds. The Morgan fingerprint density at radius 2 is 1.89 bits per heavy atom. The van der Waals surface area contributed by atoms with Gasteiger partial charge in [-0.3, -0.25) is 9.71 Å². The minimum atomic E-state index is -3.26. The van der Waals surface area contributed by atoms with Gasteiger partial charge >= 0.3 is 0 Å². The van der Waals surface area contributed by atoms with Crippen LogP contribution < -0.4 is 20.9 Å². The maximum Gasteiger partial charge on any atom is 0.229 e. The molecule has 108 valence electrons. The summed E-state index contributed by atoms with van der Waals surface area (Å²) in [5.74, 6) is 0.631. The van der Waals surface area contributed by atoms with E-state index in [4.69, 9.17) is 16.2 Å². The predicted octanol–water partition coefficient (Wildman–Crippen LogP) is 0.328. The monoisotopic (exact) mass is 400 g/mol. The number of hydrogen-bond acceptors (Lipinski definition) is 4. The third kappa shape index (κ3) is 8.48. The molecule has 1 rings (SSSR count). The maximum atomic E-state index is 11.0.